The largest absolute Gasteiger partial charge is 0.460 e. The molecule has 1 heterocycles. The van der Waals surface area contributed by atoms with E-state index in [-0.39, 0.29) is 12.4 Å². The number of furan rings is 1. The zero-order valence-corrected chi connectivity index (χ0v) is 13.7. The fourth-order valence-corrected chi connectivity index (χ4v) is 2.82. The first kappa shape index (κ1) is 16.9. The quantitative estimate of drug-likeness (QED) is 0.574. The number of hydrogen-bond acceptors (Lipinski definition) is 2. The summed E-state index contributed by atoms with van der Waals surface area (Å²) in [6.07, 6.45) is 8.89. The van der Waals surface area contributed by atoms with Gasteiger partial charge in [0.05, 0.1) is 6.54 Å². The van der Waals surface area contributed by atoms with Crippen molar-refractivity contribution in [3.8, 4) is 11.3 Å². The molecule has 0 spiro atoms. The van der Waals surface area contributed by atoms with Crippen LogP contribution in [-0.2, 0) is 6.54 Å². The predicted molar refractivity (Wildman–Crippen MR) is 94.3 cm³/mol. The zero-order chi connectivity index (χ0) is 14.3. The summed E-state index contributed by atoms with van der Waals surface area (Å²) < 4.78 is 5.88. The second-order valence-electron chi connectivity index (χ2n) is 5.67. The average Bonchev–Trinajstić information content (AvgIpc) is 3.02. The third-order valence-electron chi connectivity index (χ3n) is 4.03. The maximum atomic E-state index is 5.88. The lowest BCUT2D eigenvalue weighted by Gasteiger charge is -2.12. The van der Waals surface area contributed by atoms with Crippen molar-refractivity contribution >= 4 is 12.4 Å². The number of nitrogens with one attached hydrogen (secondary N) is 1. The van der Waals surface area contributed by atoms with Gasteiger partial charge in [0.15, 0.2) is 0 Å². The van der Waals surface area contributed by atoms with E-state index in [2.05, 4.69) is 35.7 Å². The number of allylic oxidation sites excluding steroid dienone is 1. The third kappa shape index (κ3) is 4.75. The van der Waals surface area contributed by atoms with Crippen molar-refractivity contribution in [3.05, 3.63) is 59.9 Å². The van der Waals surface area contributed by atoms with Crippen LogP contribution in [-0.4, -0.2) is 6.54 Å². The van der Waals surface area contributed by atoms with Crippen LogP contribution in [0.4, 0.5) is 0 Å². The van der Waals surface area contributed by atoms with Crippen LogP contribution in [0.3, 0.4) is 0 Å². The van der Waals surface area contributed by atoms with Crippen molar-refractivity contribution in [1.29, 1.82) is 0 Å². The van der Waals surface area contributed by atoms with E-state index in [1.165, 1.54) is 32.1 Å². The summed E-state index contributed by atoms with van der Waals surface area (Å²) in [5, 5.41) is 3.48. The van der Waals surface area contributed by atoms with Gasteiger partial charge in [-0.25, -0.2) is 0 Å². The summed E-state index contributed by atoms with van der Waals surface area (Å²) in [4.78, 5) is 0. The van der Waals surface area contributed by atoms with Crippen LogP contribution in [0.25, 0.3) is 11.3 Å². The second-order valence-corrected chi connectivity index (χ2v) is 5.67. The van der Waals surface area contributed by atoms with Crippen LogP contribution >= 0.6 is 12.4 Å². The van der Waals surface area contributed by atoms with E-state index in [0.717, 1.165) is 30.2 Å². The monoisotopic (exact) mass is 317 g/mol. The fraction of sp³-hybridized carbons (Fsp3) is 0.368. The van der Waals surface area contributed by atoms with Gasteiger partial charge in [-0.1, -0.05) is 42.0 Å². The number of hydrogen-bond donors (Lipinski definition) is 1. The van der Waals surface area contributed by atoms with Gasteiger partial charge in [-0.3, -0.25) is 0 Å². The molecule has 1 N–H and O–H groups in total. The standard InChI is InChI=1S/C19H23NO.ClH/c1-3-7-16(8-4-1)13-14-20-15-18-11-12-19(21-18)17-9-5-2-6-10-17;/h2,5-7,9-12,20H,1,3-4,8,13-15H2;1H. The van der Waals surface area contributed by atoms with Crippen molar-refractivity contribution < 1.29 is 4.42 Å². The van der Waals surface area contributed by atoms with Crippen LogP contribution in [0, 0.1) is 0 Å². The predicted octanol–water partition coefficient (Wildman–Crippen LogP) is 5.35. The number of halogens is 1. The lowest BCUT2D eigenvalue weighted by Crippen LogP contribution is -2.15. The summed E-state index contributed by atoms with van der Waals surface area (Å²) in [5.41, 5.74) is 2.76. The Morgan fingerprint density at radius 3 is 2.64 bits per heavy atom. The highest BCUT2D eigenvalue weighted by molar-refractivity contribution is 5.85. The van der Waals surface area contributed by atoms with Crippen molar-refractivity contribution in [3.63, 3.8) is 0 Å². The zero-order valence-electron chi connectivity index (χ0n) is 12.9. The molecule has 2 aromatic rings. The fourth-order valence-electron chi connectivity index (χ4n) is 2.82. The van der Waals surface area contributed by atoms with Gasteiger partial charge in [0, 0.05) is 5.56 Å². The van der Waals surface area contributed by atoms with E-state index < -0.39 is 0 Å². The number of benzene rings is 1. The smallest absolute Gasteiger partial charge is 0.134 e. The highest BCUT2D eigenvalue weighted by Crippen LogP contribution is 2.22. The molecule has 118 valence electrons. The van der Waals surface area contributed by atoms with Crippen LogP contribution in [0.2, 0.25) is 0 Å². The summed E-state index contributed by atoms with van der Waals surface area (Å²) in [6.45, 7) is 1.84. The molecule has 0 saturated carbocycles. The molecule has 0 amide bonds. The maximum Gasteiger partial charge on any atom is 0.134 e. The van der Waals surface area contributed by atoms with Crippen molar-refractivity contribution in [2.75, 3.05) is 6.54 Å². The number of rotatable bonds is 6. The molecule has 0 atom stereocenters. The van der Waals surface area contributed by atoms with Gasteiger partial charge in [-0.2, -0.15) is 0 Å². The SMILES string of the molecule is C1=C(CCNCc2ccc(-c3ccccc3)o2)CCCC1.Cl. The first-order chi connectivity index (χ1) is 10.4. The van der Waals surface area contributed by atoms with Gasteiger partial charge < -0.3 is 9.73 Å². The van der Waals surface area contributed by atoms with Gasteiger partial charge >= 0.3 is 0 Å². The molecule has 22 heavy (non-hydrogen) atoms. The van der Waals surface area contributed by atoms with Crippen molar-refractivity contribution in [2.45, 2.75) is 38.6 Å². The van der Waals surface area contributed by atoms with Crippen molar-refractivity contribution in [1.82, 2.24) is 5.32 Å². The molecule has 1 aliphatic carbocycles. The van der Waals surface area contributed by atoms with E-state index in [1.54, 1.807) is 5.57 Å². The Labute approximate surface area is 139 Å². The summed E-state index contributed by atoms with van der Waals surface area (Å²) >= 11 is 0. The first-order valence-corrected chi connectivity index (χ1v) is 7.94. The Morgan fingerprint density at radius 2 is 1.86 bits per heavy atom. The normalized spacial score (nSPS) is 14.3. The summed E-state index contributed by atoms with van der Waals surface area (Å²) in [6, 6.07) is 14.4. The molecule has 0 fully saturated rings. The van der Waals surface area contributed by atoms with E-state index in [1.807, 2.05) is 18.2 Å². The Kier molecular flexibility index (Phi) is 6.75. The molecule has 1 aromatic carbocycles. The van der Waals surface area contributed by atoms with E-state index in [4.69, 9.17) is 4.42 Å². The van der Waals surface area contributed by atoms with Gasteiger partial charge in [-0.15, -0.1) is 12.4 Å². The third-order valence-corrected chi connectivity index (χ3v) is 4.03. The van der Waals surface area contributed by atoms with Crippen LogP contribution in [0.1, 0.15) is 37.9 Å². The molecule has 3 heteroatoms. The van der Waals surface area contributed by atoms with E-state index in [0.29, 0.717) is 0 Å². The Morgan fingerprint density at radius 1 is 1.00 bits per heavy atom. The summed E-state index contributed by atoms with van der Waals surface area (Å²) in [7, 11) is 0. The molecule has 0 bridgehead atoms. The highest BCUT2D eigenvalue weighted by atomic mass is 35.5. The lowest BCUT2D eigenvalue weighted by molar-refractivity contribution is 0.493. The topological polar surface area (TPSA) is 25.2 Å². The first-order valence-electron chi connectivity index (χ1n) is 7.94. The Balaban J connectivity index is 0.00000176. The Hall–Kier alpha value is -1.51. The average molecular weight is 318 g/mol. The molecule has 1 aliphatic rings. The summed E-state index contributed by atoms with van der Waals surface area (Å²) in [5.74, 6) is 1.95. The molecule has 0 unspecified atom stereocenters. The molecule has 2 nitrogen and oxygen atoms in total. The van der Waals surface area contributed by atoms with Gasteiger partial charge in [-0.05, 0) is 50.8 Å². The van der Waals surface area contributed by atoms with E-state index in [9.17, 15) is 0 Å². The van der Waals surface area contributed by atoms with E-state index >= 15 is 0 Å². The van der Waals surface area contributed by atoms with Crippen molar-refractivity contribution in [2.24, 2.45) is 0 Å². The van der Waals surface area contributed by atoms with Gasteiger partial charge in [0.25, 0.3) is 0 Å². The molecule has 1 aromatic heterocycles. The molecule has 0 saturated heterocycles. The minimum Gasteiger partial charge on any atom is -0.460 e. The minimum atomic E-state index is 0. The van der Waals surface area contributed by atoms with Gasteiger partial charge in [0.1, 0.15) is 11.5 Å². The van der Waals surface area contributed by atoms with Crippen LogP contribution in [0.15, 0.2) is 58.5 Å². The van der Waals surface area contributed by atoms with Gasteiger partial charge in [0.2, 0.25) is 0 Å². The highest BCUT2D eigenvalue weighted by Gasteiger charge is 2.05. The molecular formula is C19H24ClNO. The lowest BCUT2D eigenvalue weighted by atomic mass is 9.97. The molecular weight excluding hydrogens is 294 g/mol. The molecule has 3 rings (SSSR count). The Bertz CT molecular complexity index is 588. The second kappa shape index (κ2) is 8.82. The van der Waals surface area contributed by atoms with Crippen LogP contribution < -0.4 is 5.32 Å². The molecule has 0 radical (unpaired) electrons. The maximum absolute atomic E-state index is 5.88. The minimum absolute atomic E-state index is 0. The molecule has 0 aliphatic heterocycles. The van der Waals surface area contributed by atoms with Crippen LogP contribution in [0.5, 0.6) is 0 Å².